The summed E-state index contributed by atoms with van der Waals surface area (Å²) in [5, 5.41) is 0. The fourth-order valence-electron chi connectivity index (χ4n) is 1.30. The number of carbonyl (C=O) groups is 1. The van der Waals surface area contributed by atoms with Crippen LogP contribution in [-0.2, 0) is 9.53 Å². The van der Waals surface area contributed by atoms with Crippen molar-refractivity contribution >= 4 is 5.97 Å². The molecule has 0 aromatic heterocycles. The molecule has 0 fully saturated rings. The molecule has 0 aliphatic rings. The van der Waals surface area contributed by atoms with Crippen molar-refractivity contribution in [1.82, 2.24) is 0 Å². The van der Waals surface area contributed by atoms with E-state index in [2.05, 4.69) is 13.2 Å². The predicted molar refractivity (Wildman–Crippen MR) is 63.4 cm³/mol. The van der Waals surface area contributed by atoms with E-state index >= 15 is 0 Å². The molecule has 0 N–H and O–H groups in total. The minimum Gasteiger partial charge on any atom is -0.469 e. The first-order valence-electron chi connectivity index (χ1n) is 5.07. The third-order valence-electron chi connectivity index (χ3n) is 2.26. The van der Waals surface area contributed by atoms with Gasteiger partial charge >= 0.3 is 5.97 Å². The summed E-state index contributed by atoms with van der Waals surface area (Å²) in [5.74, 6) is -0.0264. The van der Waals surface area contributed by atoms with Crippen LogP contribution >= 0.6 is 0 Å². The van der Waals surface area contributed by atoms with Crippen LogP contribution in [0.2, 0.25) is 0 Å². The fourth-order valence-corrected chi connectivity index (χ4v) is 1.30. The number of methoxy groups -OCH3 is 1. The Kier molecular flexibility index (Phi) is 6.43. The Labute approximate surface area is 92.3 Å². The lowest BCUT2D eigenvalue weighted by Gasteiger charge is -2.18. The summed E-state index contributed by atoms with van der Waals surface area (Å²) in [7, 11) is 1.42. The Hall–Kier alpha value is -1.31. The lowest BCUT2D eigenvalue weighted by Crippen LogP contribution is -2.21. The maximum Gasteiger partial charge on any atom is 0.309 e. The van der Waals surface area contributed by atoms with Gasteiger partial charge in [-0.3, -0.25) is 4.79 Å². The van der Waals surface area contributed by atoms with Crippen molar-refractivity contribution in [2.75, 3.05) is 7.11 Å². The lowest BCUT2D eigenvalue weighted by molar-refractivity contribution is -0.146. The van der Waals surface area contributed by atoms with Crippen molar-refractivity contribution in [3.05, 3.63) is 37.0 Å². The molecule has 0 unspecified atom stereocenters. The number of esters is 1. The molecule has 0 saturated carbocycles. The Bertz CT molecular complexity index is 262. The third-order valence-corrected chi connectivity index (χ3v) is 2.26. The van der Waals surface area contributed by atoms with Crippen molar-refractivity contribution < 1.29 is 9.53 Å². The van der Waals surface area contributed by atoms with Crippen LogP contribution in [0.5, 0.6) is 0 Å². The average molecular weight is 208 g/mol. The van der Waals surface area contributed by atoms with Gasteiger partial charge in [0, 0.05) is 0 Å². The molecule has 0 aliphatic heterocycles. The Morgan fingerprint density at radius 1 is 1.47 bits per heavy atom. The van der Waals surface area contributed by atoms with E-state index in [0.29, 0.717) is 6.42 Å². The summed E-state index contributed by atoms with van der Waals surface area (Å²) in [5.41, 5.74) is 0.916. The lowest BCUT2D eigenvalue weighted by atomic mass is 9.89. The van der Waals surface area contributed by atoms with Crippen molar-refractivity contribution in [2.45, 2.75) is 20.3 Å². The molecule has 0 rings (SSSR count). The molecule has 0 bridgehead atoms. The number of carbonyl (C=O) groups excluding carboxylic acids is 1. The summed E-state index contributed by atoms with van der Waals surface area (Å²) in [6.07, 6.45) is 6.00. The van der Waals surface area contributed by atoms with Gasteiger partial charge in [0.05, 0.1) is 13.0 Å². The molecule has 0 aromatic carbocycles. The highest BCUT2D eigenvalue weighted by molar-refractivity contribution is 5.73. The highest BCUT2D eigenvalue weighted by atomic mass is 16.5. The molecular weight excluding hydrogens is 188 g/mol. The van der Waals surface area contributed by atoms with Gasteiger partial charge in [-0.15, -0.1) is 0 Å². The summed E-state index contributed by atoms with van der Waals surface area (Å²) in [6, 6.07) is 0. The summed E-state index contributed by atoms with van der Waals surface area (Å²) in [6.45, 7) is 11.5. The highest BCUT2D eigenvalue weighted by Crippen LogP contribution is 2.21. The summed E-state index contributed by atoms with van der Waals surface area (Å²) < 4.78 is 4.75. The van der Waals surface area contributed by atoms with Crippen LogP contribution in [0.4, 0.5) is 0 Å². The molecule has 0 heterocycles. The first kappa shape index (κ1) is 13.7. The van der Waals surface area contributed by atoms with Crippen LogP contribution in [0.3, 0.4) is 0 Å². The molecule has 2 nitrogen and oxygen atoms in total. The van der Waals surface area contributed by atoms with Crippen LogP contribution in [0.15, 0.2) is 37.0 Å². The monoisotopic (exact) mass is 208 g/mol. The van der Waals surface area contributed by atoms with E-state index in [4.69, 9.17) is 4.74 Å². The van der Waals surface area contributed by atoms with Crippen LogP contribution < -0.4 is 0 Å². The zero-order chi connectivity index (χ0) is 11.8. The molecule has 84 valence electrons. The van der Waals surface area contributed by atoms with Gasteiger partial charge in [0.1, 0.15) is 0 Å². The van der Waals surface area contributed by atoms with E-state index in [1.807, 2.05) is 26.0 Å². The van der Waals surface area contributed by atoms with Crippen molar-refractivity contribution in [3.8, 4) is 0 Å². The Morgan fingerprint density at radius 3 is 2.47 bits per heavy atom. The minimum atomic E-state index is -0.168. The SMILES string of the molecule is C=C/C=C\C(=C)C[C@H](C(=O)OC)C(C)C. The van der Waals surface area contributed by atoms with Crippen molar-refractivity contribution in [3.63, 3.8) is 0 Å². The molecule has 0 amide bonds. The second-order valence-corrected chi connectivity index (χ2v) is 3.83. The normalized spacial score (nSPS) is 12.8. The van der Waals surface area contributed by atoms with Gasteiger partial charge in [0.15, 0.2) is 0 Å². The summed E-state index contributed by atoms with van der Waals surface area (Å²) >= 11 is 0. The van der Waals surface area contributed by atoms with Crippen LogP contribution in [0, 0.1) is 11.8 Å². The minimum absolute atomic E-state index is 0.114. The van der Waals surface area contributed by atoms with Gasteiger partial charge < -0.3 is 4.74 Å². The zero-order valence-electron chi connectivity index (χ0n) is 9.82. The van der Waals surface area contributed by atoms with E-state index in [1.54, 1.807) is 6.08 Å². The number of rotatable bonds is 6. The molecule has 0 aliphatic carbocycles. The van der Waals surface area contributed by atoms with E-state index in [9.17, 15) is 4.79 Å². The van der Waals surface area contributed by atoms with Gasteiger partial charge in [0.2, 0.25) is 0 Å². The number of hydrogen-bond donors (Lipinski definition) is 0. The molecular formula is C13H20O2. The number of hydrogen-bond acceptors (Lipinski definition) is 2. The molecule has 0 spiro atoms. The maximum atomic E-state index is 11.5. The molecule has 1 atom stereocenters. The largest absolute Gasteiger partial charge is 0.469 e. The zero-order valence-corrected chi connectivity index (χ0v) is 9.82. The van der Waals surface area contributed by atoms with E-state index in [0.717, 1.165) is 5.57 Å². The standard InChI is InChI=1S/C13H20O2/c1-6-7-8-11(4)9-12(10(2)3)13(14)15-5/h6-8,10,12H,1,4,9H2,2-3,5H3/b8-7-/t12-/m0/s1. The molecule has 2 heteroatoms. The average Bonchev–Trinajstić information content (AvgIpc) is 2.21. The van der Waals surface area contributed by atoms with Gasteiger partial charge in [-0.1, -0.05) is 50.8 Å². The van der Waals surface area contributed by atoms with Gasteiger partial charge in [-0.25, -0.2) is 0 Å². The van der Waals surface area contributed by atoms with E-state index in [1.165, 1.54) is 7.11 Å². The quantitative estimate of drug-likeness (QED) is 0.495. The van der Waals surface area contributed by atoms with Crippen LogP contribution in [-0.4, -0.2) is 13.1 Å². The van der Waals surface area contributed by atoms with E-state index in [-0.39, 0.29) is 17.8 Å². The highest BCUT2D eigenvalue weighted by Gasteiger charge is 2.22. The molecule has 15 heavy (non-hydrogen) atoms. The van der Waals surface area contributed by atoms with Gasteiger partial charge in [-0.2, -0.15) is 0 Å². The Morgan fingerprint density at radius 2 is 2.07 bits per heavy atom. The maximum absolute atomic E-state index is 11.5. The number of ether oxygens (including phenoxy) is 1. The molecule has 0 aromatic rings. The van der Waals surface area contributed by atoms with Crippen molar-refractivity contribution in [1.29, 1.82) is 0 Å². The topological polar surface area (TPSA) is 26.3 Å². The third kappa shape index (κ3) is 5.21. The first-order valence-corrected chi connectivity index (χ1v) is 5.07. The second kappa shape index (κ2) is 7.04. The van der Waals surface area contributed by atoms with Crippen LogP contribution in [0.25, 0.3) is 0 Å². The fraction of sp³-hybridized carbons (Fsp3) is 0.462. The predicted octanol–water partition coefficient (Wildman–Crippen LogP) is 3.12. The molecule has 0 radical (unpaired) electrons. The number of allylic oxidation sites excluding steroid dienone is 4. The summed E-state index contributed by atoms with van der Waals surface area (Å²) in [4.78, 5) is 11.5. The molecule has 0 saturated heterocycles. The second-order valence-electron chi connectivity index (χ2n) is 3.83. The van der Waals surface area contributed by atoms with Gasteiger partial charge in [0.25, 0.3) is 0 Å². The van der Waals surface area contributed by atoms with Gasteiger partial charge in [-0.05, 0) is 12.3 Å². The Balaban J connectivity index is 4.41. The van der Waals surface area contributed by atoms with Crippen molar-refractivity contribution in [2.24, 2.45) is 11.8 Å². The van der Waals surface area contributed by atoms with Crippen LogP contribution in [0.1, 0.15) is 20.3 Å². The van der Waals surface area contributed by atoms with E-state index < -0.39 is 0 Å². The smallest absolute Gasteiger partial charge is 0.309 e. The first-order chi connectivity index (χ1) is 7.02.